The molecule has 1 atom stereocenters. The van der Waals surface area contributed by atoms with E-state index in [0.29, 0.717) is 23.3 Å². The zero-order chi connectivity index (χ0) is 16.4. The van der Waals surface area contributed by atoms with Crippen molar-refractivity contribution in [2.45, 2.75) is 62.3 Å². The molecular weight excluding hydrogens is 308 g/mol. The smallest absolute Gasteiger partial charge is 0.277 e. The zero-order valence-corrected chi connectivity index (χ0v) is 14.7. The van der Waals surface area contributed by atoms with E-state index in [-0.39, 0.29) is 10.7 Å². The van der Waals surface area contributed by atoms with Crippen molar-refractivity contribution in [3.63, 3.8) is 0 Å². The highest BCUT2D eigenvalue weighted by Crippen LogP contribution is 2.32. The predicted octanol–water partition coefficient (Wildman–Crippen LogP) is 4.64. The molecule has 0 bridgehead atoms. The van der Waals surface area contributed by atoms with Gasteiger partial charge in [-0.25, -0.2) is 0 Å². The van der Waals surface area contributed by atoms with Crippen LogP contribution in [0, 0.1) is 0 Å². The lowest BCUT2D eigenvalue weighted by Crippen LogP contribution is -2.21. The molecule has 0 unspecified atom stereocenters. The molecule has 0 N–H and O–H groups in total. The summed E-state index contributed by atoms with van der Waals surface area (Å²) < 4.78 is 5.73. The van der Waals surface area contributed by atoms with E-state index in [9.17, 15) is 4.79 Å². The van der Waals surface area contributed by atoms with E-state index >= 15 is 0 Å². The van der Waals surface area contributed by atoms with Gasteiger partial charge in [0.1, 0.15) is 5.78 Å². The Morgan fingerprint density at radius 2 is 1.87 bits per heavy atom. The van der Waals surface area contributed by atoms with E-state index < -0.39 is 0 Å². The van der Waals surface area contributed by atoms with Gasteiger partial charge in [0, 0.05) is 12.0 Å². The molecule has 5 heteroatoms. The normalized spacial score (nSPS) is 19.1. The summed E-state index contributed by atoms with van der Waals surface area (Å²) in [4.78, 5) is 11.9. The lowest BCUT2D eigenvalue weighted by Gasteiger charge is -2.18. The summed E-state index contributed by atoms with van der Waals surface area (Å²) >= 11 is 1.41. The number of aromatic nitrogens is 2. The lowest BCUT2D eigenvalue weighted by molar-refractivity contribution is -0.119. The topological polar surface area (TPSA) is 56.0 Å². The van der Waals surface area contributed by atoms with Crippen molar-refractivity contribution in [1.82, 2.24) is 10.2 Å². The second-order valence-corrected chi connectivity index (χ2v) is 8.17. The van der Waals surface area contributed by atoms with Crippen LogP contribution in [0.3, 0.4) is 0 Å². The third kappa shape index (κ3) is 3.83. The molecule has 1 aliphatic rings. The van der Waals surface area contributed by atoms with Gasteiger partial charge in [-0.15, -0.1) is 10.2 Å². The Hall–Kier alpha value is -1.62. The minimum atomic E-state index is -0.0275. The number of benzene rings is 1. The third-order valence-corrected chi connectivity index (χ3v) is 5.30. The van der Waals surface area contributed by atoms with Crippen LogP contribution in [0.2, 0.25) is 0 Å². The second kappa shape index (κ2) is 6.48. The number of hydrogen-bond donors (Lipinski definition) is 0. The van der Waals surface area contributed by atoms with Crippen LogP contribution in [0.4, 0.5) is 0 Å². The molecule has 1 heterocycles. The van der Waals surface area contributed by atoms with Crippen LogP contribution in [-0.4, -0.2) is 21.2 Å². The summed E-state index contributed by atoms with van der Waals surface area (Å²) in [6.45, 7) is 6.56. The molecule has 1 aromatic carbocycles. The number of carbonyl (C=O) groups excluding carboxylic acids is 1. The van der Waals surface area contributed by atoms with Gasteiger partial charge in [0.2, 0.25) is 5.89 Å². The first-order chi connectivity index (χ1) is 10.9. The summed E-state index contributed by atoms with van der Waals surface area (Å²) in [5.41, 5.74) is 2.30. The molecule has 0 spiro atoms. The summed E-state index contributed by atoms with van der Waals surface area (Å²) in [7, 11) is 0. The highest BCUT2D eigenvalue weighted by atomic mass is 32.2. The maximum absolute atomic E-state index is 11.9. The van der Waals surface area contributed by atoms with Gasteiger partial charge in [-0.3, -0.25) is 4.79 Å². The van der Waals surface area contributed by atoms with Crippen molar-refractivity contribution < 1.29 is 9.21 Å². The van der Waals surface area contributed by atoms with E-state index in [0.717, 1.165) is 24.8 Å². The van der Waals surface area contributed by atoms with Crippen LogP contribution in [0.1, 0.15) is 52.0 Å². The largest absolute Gasteiger partial charge is 0.411 e. The van der Waals surface area contributed by atoms with Gasteiger partial charge in [0.05, 0.1) is 5.25 Å². The Labute approximate surface area is 141 Å². The number of thioether (sulfide) groups is 1. The van der Waals surface area contributed by atoms with Crippen LogP contribution in [0.5, 0.6) is 0 Å². The fourth-order valence-electron chi connectivity index (χ4n) is 2.68. The average Bonchev–Trinajstić information content (AvgIpc) is 2.97. The molecule has 4 nitrogen and oxygen atoms in total. The number of hydrogen-bond acceptors (Lipinski definition) is 5. The molecule has 1 aliphatic carbocycles. The van der Waals surface area contributed by atoms with Gasteiger partial charge in [-0.2, -0.15) is 0 Å². The highest BCUT2D eigenvalue weighted by Gasteiger charge is 2.25. The first-order valence-corrected chi connectivity index (χ1v) is 8.95. The monoisotopic (exact) mass is 330 g/mol. The Kier molecular flexibility index (Phi) is 4.57. The molecule has 0 radical (unpaired) electrons. The first-order valence-electron chi connectivity index (χ1n) is 8.07. The predicted molar refractivity (Wildman–Crippen MR) is 91.6 cm³/mol. The standard InChI is InChI=1S/C18H22N2O2S/c1-18(2,3)13-10-8-12(9-11-13)16-19-20-17(22-16)23-15-7-5-4-6-14(15)21/h8-11,15H,4-7H2,1-3H3/t15-/m1/s1. The quantitative estimate of drug-likeness (QED) is 0.820. The average molecular weight is 330 g/mol. The van der Waals surface area contributed by atoms with Crippen molar-refractivity contribution >= 4 is 17.5 Å². The lowest BCUT2D eigenvalue weighted by atomic mass is 9.87. The molecule has 0 amide bonds. The van der Waals surface area contributed by atoms with Crippen molar-refractivity contribution in [2.75, 3.05) is 0 Å². The molecule has 0 aliphatic heterocycles. The first kappa shape index (κ1) is 16.2. The Morgan fingerprint density at radius 3 is 2.52 bits per heavy atom. The summed E-state index contributed by atoms with van der Waals surface area (Å²) in [5, 5.41) is 8.67. The summed E-state index contributed by atoms with van der Waals surface area (Å²) in [6, 6.07) is 8.20. The van der Waals surface area contributed by atoms with Gasteiger partial charge in [-0.1, -0.05) is 51.1 Å². The minimum Gasteiger partial charge on any atom is -0.411 e. The molecule has 1 aromatic heterocycles. The molecule has 23 heavy (non-hydrogen) atoms. The molecule has 1 fully saturated rings. The molecule has 1 saturated carbocycles. The van der Waals surface area contributed by atoms with E-state index in [2.05, 4.69) is 43.1 Å². The second-order valence-electron chi connectivity index (χ2n) is 7.02. The van der Waals surface area contributed by atoms with Crippen LogP contribution in [0.25, 0.3) is 11.5 Å². The maximum atomic E-state index is 11.9. The molecule has 0 saturated heterocycles. The maximum Gasteiger partial charge on any atom is 0.277 e. The van der Waals surface area contributed by atoms with Crippen molar-refractivity contribution in [2.24, 2.45) is 0 Å². The summed E-state index contributed by atoms with van der Waals surface area (Å²) in [6.07, 6.45) is 3.68. The van der Waals surface area contributed by atoms with Crippen molar-refractivity contribution in [3.05, 3.63) is 29.8 Å². The number of carbonyl (C=O) groups is 1. The van der Waals surface area contributed by atoms with E-state index in [1.165, 1.54) is 17.3 Å². The fraction of sp³-hybridized carbons (Fsp3) is 0.500. The summed E-state index contributed by atoms with van der Waals surface area (Å²) in [5.74, 6) is 0.812. The van der Waals surface area contributed by atoms with Crippen molar-refractivity contribution in [1.29, 1.82) is 0 Å². The SMILES string of the molecule is CC(C)(C)c1ccc(-c2nnc(S[C@@H]3CCCCC3=O)o2)cc1. The highest BCUT2D eigenvalue weighted by molar-refractivity contribution is 8.00. The van der Waals surface area contributed by atoms with Crippen LogP contribution < -0.4 is 0 Å². The Bertz CT molecular complexity index is 686. The Morgan fingerprint density at radius 1 is 1.13 bits per heavy atom. The van der Waals surface area contributed by atoms with Gasteiger partial charge in [0.25, 0.3) is 5.22 Å². The van der Waals surface area contributed by atoms with Crippen LogP contribution in [0.15, 0.2) is 33.9 Å². The fourth-order valence-corrected chi connectivity index (χ4v) is 3.68. The van der Waals surface area contributed by atoms with E-state index in [1.54, 1.807) is 0 Å². The van der Waals surface area contributed by atoms with Gasteiger partial charge < -0.3 is 4.42 Å². The minimum absolute atomic E-state index is 0.0275. The van der Waals surface area contributed by atoms with Crippen LogP contribution >= 0.6 is 11.8 Å². The van der Waals surface area contributed by atoms with Gasteiger partial charge in [0.15, 0.2) is 0 Å². The molecule has 122 valence electrons. The van der Waals surface area contributed by atoms with Crippen LogP contribution in [-0.2, 0) is 10.2 Å². The molecular formula is C18H22N2O2S. The number of nitrogens with zero attached hydrogens (tertiary/aromatic N) is 2. The number of rotatable bonds is 3. The van der Waals surface area contributed by atoms with E-state index in [4.69, 9.17) is 4.42 Å². The Balaban J connectivity index is 1.72. The zero-order valence-electron chi connectivity index (χ0n) is 13.8. The molecule has 3 rings (SSSR count). The molecule has 2 aromatic rings. The third-order valence-electron chi connectivity index (χ3n) is 4.15. The number of ketones is 1. The van der Waals surface area contributed by atoms with Crippen molar-refractivity contribution in [3.8, 4) is 11.5 Å². The van der Waals surface area contributed by atoms with Gasteiger partial charge in [-0.05, 0) is 36.0 Å². The van der Waals surface area contributed by atoms with Gasteiger partial charge >= 0.3 is 0 Å². The van der Waals surface area contributed by atoms with E-state index in [1.807, 2.05) is 12.1 Å². The number of Topliss-reactive ketones (excluding diaryl/α,β-unsaturated/α-hetero) is 1.